The van der Waals surface area contributed by atoms with Crippen LogP contribution < -0.4 is 10.6 Å². The van der Waals surface area contributed by atoms with Crippen LogP contribution in [0.3, 0.4) is 0 Å². The van der Waals surface area contributed by atoms with Crippen molar-refractivity contribution in [1.82, 2.24) is 10.3 Å². The molecule has 140 valence electrons. The van der Waals surface area contributed by atoms with Gasteiger partial charge in [-0.1, -0.05) is 24.3 Å². The number of rotatable bonds is 4. The minimum atomic E-state index is -0.213. The van der Waals surface area contributed by atoms with Crippen LogP contribution in [0.1, 0.15) is 26.7 Å². The van der Waals surface area contributed by atoms with Crippen molar-refractivity contribution in [2.24, 2.45) is 0 Å². The van der Waals surface area contributed by atoms with E-state index >= 15 is 0 Å². The zero-order valence-corrected chi connectivity index (χ0v) is 16.7. The summed E-state index contributed by atoms with van der Waals surface area (Å²) < 4.78 is 5.81. The van der Waals surface area contributed by atoms with Crippen LogP contribution in [-0.4, -0.2) is 16.0 Å². The maximum Gasteiger partial charge on any atom is 0.267 e. The van der Waals surface area contributed by atoms with Gasteiger partial charge in [-0.05, 0) is 66.0 Å². The number of fused-ring (bicyclic) bond motifs is 1. The number of benzene rings is 2. The van der Waals surface area contributed by atoms with Gasteiger partial charge in [-0.25, -0.2) is 4.98 Å². The summed E-state index contributed by atoms with van der Waals surface area (Å²) in [6, 6.07) is 17.3. The Labute approximate surface area is 171 Å². The van der Waals surface area contributed by atoms with Gasteiger partial charge in [-0.15, -0.1) is 11.3 Å². The highest BCUT2D eigenvalue weighted by Crippen LogP contribution is 2.20. The SMILES string of the molecule is Cc1ccc2oc(Cc3ccc(NC(=S)NC(=O)c4cccs4)cc3)nc2c1. The molecule has 28 heavy (non-hydrogen) atoms. The number of aromatic nitrogens is 1. The molecule has 7 heteroatoms. The molecule has 0 saturated heterocycles. The number of oxazole rings is 1. The molecule has 5 nitrogen and oxygen atoms in total. The molecule has 0 saturated carbocycles. The minimum Gasteiger partial charge on any atom is -0.440 e. The van der Waals surface area contributed by atoms with Gasteiger partial charge >= 0.3 is 0 Å². The van der Waals surface area contributed by atoms with Crippen LogP contribution in [0, 0.1) is 6.92 Å². The van der Waals surface area contributed by atoms with Crippen molar-refractivity contribution in [2.75, 3.05) is 5.32 Å². The van der Waals surface area contributed by atoms with E-state index < -0.39 is 0 Å². The average molecular weight is 408 g/mol. The highest BCUT2D eigenvalue weighted by molar-refractivity contribution is 7.80. The van der Waals surface area contributed by atoms with Gasteiger partial charge in [0, 0.05) is 12.1 Å². The van der Waals surface area contributed by atoms with Gasteiger partial charge in [0.05, 0.1) is 4.88 Å². The zero-order chi connectivity index (χ0) is 19.5. The van der Waals surface area contributed by atoms with Crippen molar-refractivity contribution < 1.29 is 9.21 Å². The number of nitrogens with one attached hydrogen (secondary N) is 2. The highest BCUT2D eigenvalue weighted by Gasteiger charge is 2.09. The molecular formula is C21H17N3O2S2. The third-order valence-corrected chi connectivity index (χ3v) is 5.20. The molecule has 0 radical (unpaired) electrons. The number of amides is 1. The van der Waals surface area contributed by atoms with E-state index in [-0.39, 0.29) is 11.0 Å². The molecule has 4 aromatic rings. The van der Waals surface area contributed by atoms with Crippen molar-refractivity contribution in [1.29, 1.82) is 0 Å². The number of thiophene rings is 1. The van der Waals surface area contributed by atoms with Crippen LogP contribution in [0.4, 0.5) is 5.69 Å². The summed E-state index contributed by atoms with van der Waals surface area (Å²) in [6.07, 6.45) is 0.605. The Kier molecular flexibility index (Phi) is 5.18. The third-order valence-electron chi connectivity index (χ3n) is 4.13. The normalized spacial score (nSPS) is 10.8. The predicted octanol–water partition coefficient (Wildman–Crippen LogP) is 4.92. The van der Waals surface area contributed by atoms with Gasteiger partial charge in [0.25, 0.3) is 5.91 Å². The first-order valence-electron chi connectivity index (χ1n) is 8.68. The first kappa shape index (κ1) is 18.3. The zero-order valence-electron chi connectivity index (χ0n) is 15.1. The van der Waals surface area contributed by atoms with Crippen molar-refractivity contribution in [3.8, 4) is 0 Å². The van der Waals surface area contributed by atoms with Gasteiger partial charge in [-0.2, -0.15) is 0 Å². The smallest absolute Gasteiger partial charge is 0.267 e. The van der Waals surface area contributed by atoms with E-state index in [1.165, 1.54) is 11.3 Å². The molecule has 2 aromatic heterocycles. The van der Waals surface area contributed by atoms with Crippen molar-refractivity contribution in [3.05, 3.63) is 81.9 Å². The molecule has 0 unspecified atom stereocenters. The molecule has 1 amide bonds. The van der Waals surface area contributed by atoms with Crippen LogP contribution in [0.25, 0.3) is 11.1 Å². The van der Waals surface area contributed by atoms with Crippen LogP contribution in [-0.2, 0) is 6.42 Å². The topological polar surface area (TPSA) is 67.2 Å². The standard InChI is InChI=1S/C21H17N3O2S2/c1-13-4-9-17-16(11-13)23-19(26-17)12-14-5-7-15(8-6-14)22-21(27)24-20(25)18-3-2-10-28-18/h2-11H,12H2,1H3,(H2,22,24,25,27). The molecule has 0 aliphatic carbocycles. The van der Waals surface area contributed by atoms with E-state index in [0.29, 0.717) is 17.2 Å². The quantitative estimate of drug-likeness (QED) is 0.470. The first-order chi connectivity index (χ1) is 13.6. The largest absolute Gasteiger partial charge is 0.440 e. The van der Waals surface area contributed by atoms with Crippen LogP contribution >= 0.6 is 23.6 Å². The van der Waals surface area contributed by atoms with Gasteiger partial charge in [0.15, 0.2) is 16.6 Å². The van der Waals surface area contributed by atoms with E-state index in [1.807, 2.05) is 60.8 Å². The number of carbonyl (C=O) groups excluding carboxylic acids is 1. The second-order valence-corrected chi connectivity index (χ2v) is 7.69. The molecule has 0 aliphatic heterocycles. The number of hydrogen-bond donors (Lipinski definition) is 2. The van der Waals surface area contributed by atoms with Crippen LogP contribution in [0.5, 0.6) is 0 Å². The molecule has 0 atom stereocenters. The third kappa shape index (κ3) is 4.27. The fraction of sp³-hybridized carbons (Fsp3) is 0.0952. The molecule has 0 aliphatic rings. The van der Waals surface area contributed by atoms with Gasteiger partial charge < -0.3 is 9.73 Å². The lowest BCUT2D eigenvalue weighted by atomic mass is 10.1. The molecule has 2 N–H and O–H groups in total. The maximum atomic E-state index is 12.0. The lowest BCUT2D eigenvalue weighted by Gasteiger charge is -2.09. The Bertz CT molecular complexity index is 1130. The number of aryl methyl sites for hydroxylation is 1. The molecule has 2 aromatic carbocycles. The lowest BCUT2D eigenvalue weighted by molar-refractivity contribution is 0.0981. The van der Waals surface area contributed by atoms with Crippen LogP contribution in [0.2, 0.25) is 0 Å². The van der Waals surface area contributed by atoms with Gasteiger partial charge in [0.2, 0.25) is 0 Å². The second kappa shape index (κ2) is 7.92. The number of anilines is 1. The Balaban J connectivity index is 1.37. The molecule has 2 heterocycles. The summed E-state index contributed by atoms with van der Waals surface area (Å²) in [4.78, 5) is 17.2. The first-order valence-corrected chi connectivity index (χ1v) is 9.96. The predicted molar refractivity (Wildman–Crippen MR) is 116 cm³/mol. The molecule has 0 spiro atoms. The second-order valence-electron chi connectivity index (χ2n) is 6.34. The number of thiocarbonyl (C=S) groups is 1. The number of nitrogens with zero attached hydrogens (tertiary/aromatic N) is 1. The van der Waals surface area contributed by atoms with E-state index in [1.54, 1.807) is 6.07 Å². The summed E-state index contributed by atoms with van der Waals surface area (Å²) in [5.41, 5.74) is 4.70. The van der Waals surface area contributed by atoms with Crippen LogP contribution in [0.15, 0.2) is 64.4 Å². The molecule has 0 fully saturated rings. The van der Waals surface area contributed by atoms with E-state index in [2.05, 4.69) is 15.6 Å². The molecular weight excluding hydrogens is 390 g/mol. The maximum absolute atomic E-state index is 12.0. The average Bonchev–Trinajstić information content (AvgIpc) is 3.32. The van der Waals surface area contributed by atoms with Gasteiger partial charge in [-0.3, -0.25) is 10.1 Å². The Morgan fingerprint density at radius 1 is 1.18 bits per heavy atom. The van der Waals surface area contributed by atoms with E-state index in [9.17, 15) is 4.79 Å². The van der Waals surface area contributed by atoms with Crippen molar-refractivity contribution in [3.63, 3.8) is 0 Å². The molecule has 4 rings (SSSR count). The summed E-state index contributed by atoms with van der Waals surface area (Å²) >= 11 is 6.58. The van der Waals surface area contributed by atoms with Gasteiger partial charge in [0.1, 0.15) is 5.52 Å². The fourth-order valence-corrected chi connectivity index (χ4v) is 3.61. The monoisotopic (exact) mass is 407 g/mol. The number of carbonyl (C=O) groups is 1. The molecule has 0 bridgehead atoms. The Hall–Kier alpha value is -3.03. The Morgan fingerprint density at radius 3 is 2.75 bits per heavy atom. The van der Waals surface area contributed by atoms with Crippen molar-refractivity contribution in [2.45, 2.75) is 13.3 Å². The lowest BCUT2D eigenvalue weighted by Crippen LogP contribution is -2.33. The minimum absolute atomic E-state index is 0.213. The summed E-state index contributed by atoms with van der Waals surface area (Å²) in [5, 5.41) is 7.80. The summed E-state index contributed by atoms with van der Waals surface area (Å²) in [7, 11) is 0. The summed E-state index contributed by atoms with van der Waals surface area (Å²) in [6.45, 7) is 2.03. The fourth-order valence-electron chi connectivity index (χ4n) is 2.78. The van der Waals surface area contributed by atoms with Crippen molar-refractivity contribution >= 4 is 51.4 Å². The Morgan fingerprint density at radius 2 is 2.00 bits per heavy atom. The van der Waals surface area contributed by atoms with E-state index in [4.69, 9.17) is 16.6 Å². The summed E-state index contributed by atoms with van der Waals surface area (Å²) in [5.74, 6) is 0.468. The highest BCUT2D eigenvalue weighted by atomic mass is 32.1. The number of hydrogen-bond acceptors (Lipinski definition) is 5. The van der Waals surface area contributed by atoms with E-state index in [0.717, 1.165) is 27.9 Å².